The van der Waals surface area contributed by atoms with E-state index in [4.69, 9.17) is 4.74 Å². The van der Waals surface area contributed by atoms with Gasteiger partial charge in [0.05, 0.1) is 12.0 Å². The van der Waals surface area contributed by atoms with Crippen LogP contribution in [0.3, 0.4) is 0 Å². The second kappa shape index (κ2) is 10.8. The fourth-order valence-electron chi connectivity index (χ4n) is 4.82. The number of carbonyl (C=O) groups is 3. The number of esters is 1. The molecule has 1 aromatic carbocycles. The third-order valence-electron chi connectivity index (χ3n) is 6.61. The molecular weight excluding hydrogens is 452 g/mol. The Labute approximate surface area is 204 Å². The minimum Gasteiger partial charge on any atom is -0.468 e. The largest absolute Gasteiger partial charge is 0.468 e. The van der Waals surface area contributed by atoms with Crippen molar-refractivity contribution in [3.8, 4) is 0 Å². The first-order valence-corrected chi connectivity index (χ1v) is 11.7. The summed E-state index contributed by atoms with van der Waals surface area (Å²) in [7, 11) is 1.24. The molecule has 0 aromatic heterocycles. The number of nitrogens with one attached hydrogen (secondary N) is 1. The molecule has 1 saturated heterocycles. The molecule has 10 nitrogen and oxygen atoms in total. The lowest BCUT2D eigenvalue weighted by Gasteiger charge is -2.33. The Morgan fingerprint density at radius 1 is 1.20 bits per heavy atom. The molecule has 0 aliphatic carbocycles. The average Bonchev–Trinajstić information content (AvgIpc) is 3.36. The highest BCUT2D eigenvalue weighted by Gasteiger charge is 2.43. The lowest BCUT2D eigenvalue weighted by Crippen LogP contribution is -2.52. The second-order valence-electron chi connectivity index (χ2n) is 9.31. The molecule has 1 fully saturated rings. The number of methoxy groups -OCH3 is 1. The van der Waals surface area contributed by atoms with Crippen molar-refractivity contribution in [1.82, 2.24) is 10.2 Å². The number of nitro groups is 1. The molecule has 3 unspecified atom stereocenters. The van der Waals surface area contributed by atoms with E-state index in [0.717, 1.165) is 12.8 Å². The van der Waals surface area contributed by atoms with Gasteiger partial charge in [0.15, 0.2) is 0 Å². The zero-order chi connectivity index (χ0) is 25.9. The van der Waals surface area contributed by atoms with Crippen molar-refractivity contribution in [1.29, 1.82) is 0 Å². The summed E-state index contributed by atoms with van der Waals surface area (Å²) in [4.78, 5) is 56.8. The van der Waals surface area contributed by atoms with Gasteiger partial charge in [-0.1, -0.05) is 26.0 Å². The third kappa shape index (κ3) is 5.41. The van der Waals surface area contributed by atoms with Crippen molar-refractivity contribution in [2.24, 2.45) is 16.8 Å². The van der Waals surface area contributed by atoms with Crippen molar-refractivity contribution >= 4 is 29.2 Å². The monoisotopic (exact) mass is 484 g/mol. The Hall–Kier alpha value is -3.56. The smallest absolute Gasteiger partial charge is 0.315 e. The van der Waals surface area contributed by atoms with Gasteiger partial charge in [0.1, 0.15) is 12.0 Å². The number of hydrogen-bond donors (Lipinski definition) is 1. The Bertz CT molecular complexity index is 1090. The first-order valence-electron chi connectivity index (χ1n) is 11.7. The summed E-state index contributed by atoms with van der Waals surface area (Å²) in [6, 6.07) is 5.11. The minimum atomic E-state index is -0.946. The fourth-order valence-corrected chi connectivity index (χ4v) is 4.82. The molecular formula is C25H32N4O6. The number of carbonyl (C=O) groups excluding carboxylic acids is 3. The summed E-state index contributed by atoms with van der Waals surface area (Å²) >= 11 is 0. The molecule has 1 aromatic rings. The number of aliphatic imine (C=N–C) groups is 1. The molecule has 2 heterocycles. The van der Waals surface area contributed by atoms with E-state index in [-0.39, 0.29) is 23.1 Å². The van der Waals surface area contributed by atoms with Crippen LogP contribution in [-0.4, -0.2) is 59.6 Å². The Morgan fingerprint density at radius 3 is 2.43 bits per heavy atom. The molecule has 2 aliphatic rings. The first-order chi connectivity index (χ1) is 16.6. The number of non-ortho nitro benzene ring substituents is 1. The van der Waals surface area contributed by atoms with Gasteiger partial charge in [-0.05, 0) is 38.2 Å². The molecule has 0 saturated carbocycles. The topological polar surface area (TPSA) is 131 Å². The zero-order valence-electron chi connectivity index (χ0n) is 20.7. The van der Waals surface area contributed by atoms with Crippen molar-refractivity contribution in [2.75, 3.05) is 20.2 Å². The molecule has 2 aliphatic heterocycles. The maximum absolute atomic E-state index is 13.7. The Balaban J connectivity index is 2.06. The molecule has 10 heteroatoms. The van der Waals surface area contributed by atoms with Gasteiger partial charge in [-0.15, -0.1) is 0 Å². The average molecular weight is 485 g/mol. The van der Waals surface area contributed by atoms with Crippen molar-refractivity contribution in [3.63, 3.8) is 0 Å². The van der Waals surface area contributed by atoms with Crippen LogP contribution >= 0.6 is 0 Å². The van der Waals surface area contributed by atoms with Crippen LogP contribution in [0.25, 0.3) is 0 Å². The number of benzene rings is 1. The summed E-state index contributed by atoms with van der Waals surface area (Å²) in [6.45, 7) is 8.35. The van der Waals surface area contributed by atoms with Gasteiger partial charge < -0.3 is 15.0 Å². The van der Waals surface area contributed by atoms with Gasteiger partial charge in [0, 0.05) is 48.1 Å². The number of amides is 2. The van der Waals surface area contributed by atoms with Gasteiger partial charge in [0.25, 0.3) is 5.69 Å². The standard InChI is InChI=1S/C25H32N4O6/c1-14(2)22(24(31)28-11-6-7-12-28)27-23(30)19-15(3)26-16(4)20(25(32)35-5)21(19)17-9-8-10-18(13-17)29(33)34/h8-10,13-14,20-22H,6-7,11-12H2,1-5H3,(H,27,30). The quantitative estimate of drug-likeness (QED) is 0.360. The number of nitro benzene ring substituents is 1. The zero-order valence-corrected chi connectivity index (χ0v) is 20.7. The van der Waals surface area contributed by atoms with E-state index in [0.29, 0.717) is 30.1 Å². The van der Waals surface area contributed by atoms with Crippen LogP contribution in [0.4, 0.5) is 5.69 Å². The number of hydrogen-bond acceptors (Lipinski definition) is 7. The molecule has 0 radical (unpaired) electrons. The molecule has 0 spiro atoms. The van der Waals surface area contributed by atoms with E-state index >= 15 is 0 Å². The number of allylic oxidation sites excluding steroid dienone is 1. The molecule has 3 rings (SSSR count). The summed E-state index contributed by atoms with van der Waals surface area (Å²) in [5.41, 5.74) is 1.27. The summed E-state index contributed by atoms with van der Waals surface area (Å²) in [6.07, 6.45) is 1.86. The van der Waals surface area contributed by atoms with Gasteiger partial charge in [-0.2, -0.15) is 0 Å². The molecule has 1 N–H and O–H groups in total. The van der Waals surface area contributed by atoms with Crippen LogP contribution in [-0.2, 0) is 19.1 Å². The predicted molar refractivity (Wildman–Crippen MR) is 130 cm³/mol. The van der Waals surface area contributed by atoms with Crippen LogP contribution in [0.1, 0.15) is 52.0 Å². The van der Waals surface area contributed by atoms with Crippen molar-refractivity contribution < 1.29 is 24.0 Å². The first kappa shape index (κ1) is 26.1. The Kier molecular flexibility index (Phi) is 8.03. The Morgan fingerprint density at radius 2 is 1.86 bits per heavy atom. The molecule has 35 heavy (non-hydrogen) atoms. The highest BCUT2D eigenvalue weighted by molar-refractivity contribution is 6.08. The molecule has 3 atom stereocenters. The maximum Gasteiger partial charge on any atom is 0.315 e. The van der Waals surface area contributed by atoms with E-state index in [1.54, 1.807) is 24.8 Å². The van der Waals surface area contributed by atoms with Gasteiger partial charge in [-0.3, -0.25) is 29.5 Å². The normalized spacial score (nSPS) is 21.0. The van der Waals surface area contributed by atoms with E-state index in [1.807, 2.05) is 13.8 Å². The van der Waals surface area contributed by atoms with Gasteiger partial charge >= 0.3 is 5.97 Å². The van der Waals surface area contributed by atoms with Gasteiger partial charge in [-0.25, -0.2) is 0 Å². The summed E-state index contributed by atoms with van der Waals surface area (Å²) in [5.74, 6) is -3.26. The number of rotatable bonds is 7. The highest BCUT2D eigenvalue weighted by Crippen LogP contribution is 2.40. The molecule has 0 bridgehead atoms. The van der Waals surface area contributed by atoms with Crippen molar-refractivity contribution in [3.05, 3.63) is 51.2 Å². The second-order valence-corrected chi connectivity index (χ2v) is 9.31. The van der Waals surface area contributed by atoms with E-state index in [2.05, 4.69) is 10.3 Å². The van der Waals surface area contributed by atoms with E-state index in [1.165, 1.54) is 25.3 Å². The fraction of sp³-hybridized carbons (Fsp3) is 0.520. The van der Waals surface area contributed by atoms with Crippen molar-refractivity contribution in [2.45, 2.75) is 52.5 Å². The van der Waals surface area contributed by atoms with Gasteiger partial charge in [0.2, 0.25) is 11.8 Å². The SMILES string of the molecule is COC(=O)C1C(C)=NC(C)=C(C(=O)NC(C(=O)N2CCCC2)C(C)C)C1c1cccc([N+](=O)[O-])c1. The minimum absolute atomic E-state index is 0.143. The van der Waals surface area contributed by atoms with Crippen LogP contribution in [0.5, 0.6) is 0 Å². The molecule has 2 amide bonds. The van der Waals surface area contributed by atoms with E-state index < -0.39 is 34.7 Å². The van der Waals surface area contributed by atoms with Crippen LogP contribution in [0.2, 0.25) is 0 Å². The lowest BCUT2D eigenvalue weighted by molar-refractivity contribution is -0.384. The molecule has 188 valence electrons. The van der Waals surface area contributed by atoms with Crippen LogP contribution in [0.15, 0.2) is 40.5 Å². The number of ether oxygens (including phenoxy) is 1. The summed E-state index contributed by atoms with van der Waals surface area (Å²) < 4.78 is 5.01. The third-order valence-corrected chi connectivity index (χ3v) is 6.61. The van der Waals surface area contributed by atoms with E-state index in [9.17, 15) is 24.5 Å². The number of nitrogens with zero attached hydrogens (tertiary/aromatic N) is 3. The maximum atomic E-state index is 13.7. The predicted octanol–water partition coefficient (Wildman–Crippen LogP) is 2.98. The lowest BCUT2D eigenvalue weighted by atomic mass is 9.75. The number of likely N-dealkylation sites (tertiary alicyclic amines) is 1. The summed E-state index contributed by atoms with van der Waals surface area (Å²) in [5, 5.41) is 14.3. The highest BCUT2D eigenvalue weighted by atomic mass is 16.6. The van der Waals surface area contributed by atoms with Crippen LogP contribution < -0.4 is 5.32 Å². The van der Waals surface area contributed by atoms with Crippen LogP contribution in [0, 0.1) is 22.0 Å².